The highest BCUT2D eigenvalue weighted by atomic mass is 19.4. The summed E-state index contributed by atoms with van der Waals surface area (Å²) in [5.74, 6) is -0.240. The molecule has 1 aliphatic rings. The van der Waals surface area contributed by atoms with Gasteiger partial charge in [-0.1, -0.05) is 23.4 Å². The molecule has 1 aliphatic heterocycles. The third-order valence-electron chi connectivity index (χ3n) is 5.64. The van der Waals surface area contributed by atoms with Crippen LogP contribution < -0.4 is 0 Å². The van der Waals surface area contributed by atoms with Crippen molar-refractivity contribution in [1.82, 2.24) is 24.7 Å². The van der Waals surface area contributed by atoms with Gasteiger partial charge in [0.25, 0.3) is 5.91 Å². The van der Waals surface area contributed by atoms with Gasteiger partial charge in [-0.15, -0.1) is 0 Å². The van der Waals surface area contributed by atoms with E-state index in [9.17, 15) is 28.1 Å². The van der Waals surface area contributed by atoms with Gasteiger partial charge in [-0.2, -0.15) is 17.9 Å². The number of alkyl halides is 3. The number of carbonyl (C=O) groups is 1. The first-order valence-corrected chi connectivity index (χ1v) is 10.4. The minimum Gasteiger partial charge on any atom is -0.361 e. The van der Waals surface area contributed by atoms with Crippen molar-refractivity contribution in [2.24, 2.45) is 0 Å². The van der Waals surface area contributed by atoms with Gasteiger partial charge in [0, 0.05) is 32.7 Å². The van der Waals surface area contributed by atoms with Crippen molar-refractivity contribution in [1.29, 1.82) is 0 Å². The molecular weight excluding hydrogens is 457 g/mol. The van der Waals surface area contributed by atoms with E-state index in [4.69, 9.17) is 4.52 Å². The van der Waals surface area contributed by atoms with Gasteiger partial charge in [0.1, 0.15) is 5.76 Å². The highest BCUT2D eigenvalue weighted by Gasteiger charge is 2.31. The topological polar surface area (TPSA) is 111 Å². The molecule has 34 heavy (non-hydrogen) atoms. The normalized spacial score (nSPS) is 15.0. The van der Waals surface area contributed by atoms with Crippen molar-refractivity contribution in [2.75, 3.05) is 26.2 Å². The van der Waals surface area contributed by atoms with Crippen LogP contribution >= 0.6 is 0 Å². The maximum absolute atomic E-state index is 13.1. The molecular formula is C21H21F3N6O4. The molecule has 10 nitrogen and oxygen atoms in total. The van der Waals surface area contributed by atoms with Crippen molar-refractivity contribution < 1.29 is 27.4 Å². The fraction of sp³-hybridized carbons (Fsp3) is 0.381. The smallest absolute Gasteiger partial charge is 0.361 e. The molecule has 180 valence electrons. The van der Waals surface area contributed by atoms with Crippen LogP contribution in [0.1, 0.15) is 32.9 Å². The molecule has 1 saturated heterocycles. The standard InChI is InChI=1S/C21H21F3N6O4/c1-14-17(13-29-6-5-18(25-29)30(32)33)19(26-34-14)20(31)28-9-7-27(8-10-28)12-15-3-2-4-16(11-15)21(22,23)24/h2-6,11H,7-10,12-13H2,1H3. The van der Waals surface area contributed by atoms with Gasteiger partial charge in [-0.25, -0.2) is 0 Å². The quantitative estimate of drug-likeness (QED) is 0.395. The van der Waals surface area contributed by atoms with E-state index in [1.54, 1.807) is 17.9 Å². The van der Waals surface area contributed by atoms with Crippen LogP contribution in [-0.4, -0.2) is 61.7 Å². The maximum atomic E-state index is 13.1. The average molecular weight is 478 g/mol. The van der Waals surface area contributed by atoms with Gasteiger partial charge < -0.3 is 19.5 Å². The van der Waals surface area contributed by atoms with E-state index in [0.717, 1.165) is 12.1 Å². The highest BCUT2D eigenvalue weighted by Crippen LogP contribution is 2.30. The molecule has 2 aromatic heterocycles. The number of hydrogen-bond donors (Lipinski definition) is 0. The monoisotopic (exact) mass is 478 g/mol. The van der Waals surface area contributed by atoms with Crippen LogP contribution in [0.2, 0.25) is 0 Å². The number of piperazine rings is 1. The Morgan fingerprint density at radius 2 is 1.91 bits per heavy atom. The second-order valence-corrected chi connectivity index (χ2v) is 7.96. The molecule has 4 rings (SSSR count). The molecule has 1 fully saturated rings. The van der Waals surface area contributed by atoms with Crippen LogP contribution in [0.15, 0.2) is 41.1 Å². The summed E-state index contributed by atoms with van der Waals surface area (Å²) in [6, 6.07) is 6.48. The van der Waals surface area contributed by atoms with E-state index < -0.39 is 16.7 Å². The molecule has 0 N–H and O–H groups in total. The zero-order valence-electron chi connectivity index (χ0n) is 18.2. The van der Waals surface area contributed by atoms with Crippen LogP contribution in [0.25, 0.3) is 0 Å². The predicted molar refractivity (Wildman–Crippen MR) is 112 cm³/mol. The van der Waals surface area contributed by atoms with Crippen molar-refractivity contribution >= 4 is 11.7 Å². The summed E-state index contributed by atoms with van der Waals surface area (Å²) >= 11 is 0. The zero-order chi connectivity index (χ0) is 24.5. The number of benzene rings is 1. The second-order valence-electron chi connectivity index (χ2n) is 7.96. The number of nitro groups is 1. The fourth-order valence-electron chi connectivity index (χ4n) is 3.81. The van der Waals surface area contributed by atoms with Crippen molar-refractivity contribution in [2.45, 2.75) is 26.2 Å². The molecule has 0 bridgehead atoms. The molecule has 0 unspecified atom stereocenters. The Bertz CT molecular complexity index is 1200. The van der Waals surface area contributed by atoms with Crippen molar-refractivity contribution in [3.8, 4) is 0 Å². The first-order valence-electron chi connectivity index (χ1n) is 10.4. The predicted octanol–water partition coefficient (Wildman–Crippen LogP) is 3.11. The Kier molecular flexibility index (Phi) is 6.37. The highest BCUT2D eigenvalue weighted by molar-refractivity contribution is 5.94. The van der Waals surface area contributed by atoms with E-state index in [-0.39, 0.29) is 24.0 Å². The lowest BCUT2D eigenvalue weighted by atomic mass is 10.1. The first-order chi connectivity index (χ1) is 16.1. The Hall–Kier alpha value is -3.74. The molecule has 0 spiro atoms. The van der Waals surface area contributed by atoms with Crippen LogP contribution in [0.4, 0.5) is 19.0 Å². The summed E-state index contributed by atoms with van der Waals surface area (Å²) < 4.78 is 45.4. The molecule has 0 saturated carbocycles. The molecule has 3 aromatic rings. The first kappa shape index (κ1) is 23.4. The number of rotatable bonds is 6. The molecule has 3 heterocycles. The third-order valence-corrected chi connectivity index (χ3v) is 5.64. The molecule has 13 heteroatoms. The number of hydrogen-bond acceptors (Lipinski definition) is 7. The second kappa shape index (κ2) is 9.25. The summed E-state index contributed by atoms with van der Waals surface area (Å²) in [5.41, 5.74) is 0.462. The van der Waals surface area contributed by atoms with Crippen LogP contribution in [0.5, 0.6) is 0 Å². The Morgan fingerprint density at radius 1 is 1.18 bits per heavy atom. The fourth-order valence-corrected chi connectivity index (χ4v) is 3.81. The van der Waals surface area contributed by atoms with E-state index in [2.05, 4.69) is 10.3 Å². The van der Waals surface area contributed by atoms with Gasteiger partial charge in [-0.3, -0.25) is 9.69 Å². The number of carbonyl (C=O) groups excluding carboxylic acids is 1. The van der Waals surface area contributed by atoms with Crippen molar-refractivity contribution in [3.05, 3.63) is 74.8 Å². The molecule has 0 atom stereocenters. The maximum Gasteiger partial charge on any atom is 0.416 e. The SMILES string of the molecule is Cc1onc(C(=O)N2CCN(Cc3cccc(C(F)(F)F)c3)CC2)c1Cn1ccc([N+](=O)[O-])n1. The van der Waals surface area contributed by atoms with Gasteiger partial charge in [0.15, 0.2) is 5.69 Å². The van der Waals surface area contributed by atoms with Crippen LogP contribution in [0, 0.1) is 17.0 Å². The minimum atomic E-state index is -4.39. The lowest BCUT2D eigenvalue weighted by Gasteiger charge is -2.34. The Balaban J connectivity index is 1.39. The molecule has 1 aromatic carbocycles. The lowest BCUT2D eigenvalue weighted by Crippen LogP contribution is -2.48. The summed E-state index contributed by atoms with van der Waals surface area (Å²) in [4.78, 5) is 26.9. The number of amides is 1. The van der Waals surface area contributed by atoms with E-state index >= 15 is 0 Å². The Morgan fingerprint density at radius 3 is 2.56 bits per heavy atom. The van der Waals surface area contributed by atoms with E-state index in [0.29, 0.717) is 49.6 Å². The van der Waals surface area contributed by atoms with E-state index in [1.165, 1.54) is 23.0 Å². The number of aryl methyl sites for hydroxylation is 1. The van der Waals surface area contributed by atoms with Crippen molar-refractivity contribution in [3.63, 3.8) is 0 Å². The van der Waals surface area contributed by atoms with Gasteiger partial charge >= 0.3 is 12.0 Å². The summed E-state index contributed by atoms with van der Waals surface area (Å²) in [5, 5.41) is 18.6. The average Bonchev–Trinajstić information content (AvgIpc) is 3.41. The van der Waals surface area contributed by atoms with Crippen LogP contribution in [-0.2, 0) is 19.3 Å². The molecule has 0 radical (unpaired) electrons. The van der Waals surface area contributed by atoms with Gasteiger partial charge in [0.2, 0.25) is 0 Å². The summed E-state index contributed by atoms with van der Waals surface area (Å²) in [6.07, 6.45) is -2.96. The third kappa shape index (κ3) is 5.09. The molecule has 1 amide bonds. The number of aromatic nitrogens is 3. The summed E-state index contributed by atoms with van der Waals surface area (Å²) in [6.45, 7) is 3.79. The summed E-state index contributed by atoms with van der Waals surface area (Å²) in [7, 11) is 0. The van der Waals surface area contributed by atoms with Gasteiger partial charge in [-0.05, 0) is 23.5 Å². The lowest BCUT2D eigenvalue weighted by molar-refractivity contribution is -0.389. The minimum absolute atomic E-state index is 0.0831. The number of nitrogens with zero attached hydrogens (tertiary/aromatic N) is 6. The Labute approximate surface area is 191 Å². The van der Waals surface area contributed by atoms with E-state index in [1.807, 2.05) is 4.90 Å². The zero-order valence-corrected chi connectivity index (χ0v) is 18.2. The van der Waals surface area contributed by atoms with Crippen LogP contribution in [0.3, 0.4) is 0 Å². The molecule has 0 aliphatic carbocycles. The largest absolute Gasteiger partial charge is 0.416 e. The van der Waals surface area contributed by atoms with Gasteiger partial charge in [0.05, 0.1) is 35.0 Å². The number of halogens is 3.